The second kappa shape index (κ2) is 9.12. The van der Waals surface area contributed by atoms with Gasteiger partial charge < -0.3 is 10.4 Å². The van der Waals surface area contributed by atoms with E-state index < -0.39 is 5.97 Å². The lowest BCUT2D eigenvalue weighted by molar-refractivity contribution is -0.137. The quantitative estimate of drug-likeness (QED) is 0.557. The molecule has 3 aliphatic rings. The van der Waals surface area contributed by atoms with Gasteiger partial charge in [-0.1, -0.05) is 13.0 Å². The van der Waals surface area contributed by atoms with Crippen molar-refractivity contribution in [3.63, 3.8) is 0 Å². The van der Waals surface area contributed by atoms with E-state index in [-0.39, 0.29) is 23.6 Å². The van der Waals surface area contributed by atoms with Crippen molar-refractivity contribution in [1.82, 2.24) is 10.3 Å². The minimum atomic E-state index is -0.845. The number of amides is 1. The van der Waals surface area contributed by atoms with E-state index in [2.05, 4.69) is 23.3 Å². The molecule has 0 bridgehead atoms. The molecule has 1 heterocycles. The topological polar surface area (TPSA) is 79.3 Å². The highest BCUT2D eigenvalue weighted by atomic mass is 19.1. The number of fused-ring (bicyclic) bond motifs is 5. The monoisotopic (exact) mass is 464 g/mol. The first kappa shape index (κ1) is 23.0. The Labute approximate surface area is 200 Å². The van der Waals surface area contributed by atoms with Crippen LogP contribution in [0.2, 0.25) is 0 Å². The van der Waals surface area contributed by atoms with Crippen LogP contribution in [0.25, 0.3) is 0 Å². The largest absolute Gasteiger partial charge is 0.481 e. The lowest BCUT2D eigenvalue weighted by Crippen LogP contribution is -2.41. The second-order valence-electron chi connectivity index (χ2n) is 10.7. The second-order valence-corrected chi connectivity index (χ2v) is 10.7. The van der Waals surface area contributed by atoms with Gasteiger partial charge in [-0.15, -0.1) is 0 Å². The molecule has 0 saturated heterocycles. The number of carbonyl (C=O) groups is 2. The number of aromatic nitrogens is 1. The maximum atomic E-state index is 13.9. The van der Waals surface area contributed by atoms with Gasteiger partial charge in [0, 0.05) is 24.7 Å². The van der Waals surface area contributed by atoms with Crippen molar-refractivity contribution in [3.05, 3.63) is 64.7 Å². The number of aryl methyl sites for hydroxylation is 1. The lowest BCUT2D eigenvalue weighted by Gasteiger charge is -2.51. The van der Waals surface area contributed by atoms with Gasteiger partial charge in [-0.2, -0.15) is 0 Å². The number of carboxylic acid groups (broad SMARTS) is 1. The molecular formula is C28H33FN2O3. The van der Waals surface area contributed by atoms with Crippen molar-refractivity contribution in [2.45, 2.75) is 70.1 Å². The van der Waals surface area contributed by atoms with Crippen molar-refractivity contribution >= 4 is 11.9 Å². The fraction of sp³-hybridized carbons (Fsp3) is 0.536. The zero-order valence-corrected chi connectivity index (χ0v) is 19.7. The fourth-order valence-corrected chi connectivity index (χ4v) is 7.43. The standard InChI is InChI=1S/C28H33FN2O3/c1-28-11-10-22-21-6-5-18(27(34)31-12-2-3-26(32)33)13-17(21)4-7-23(22)25(28)9-8-24(28)19-14-20(29)16-30-15-19/h5-6,13-16,22-25H,2-4,7-12H2,1H3,(H,31,34)(H,32,33)/t22-,23-,24-,25+,28-/m1/s1. The summed E-state index contributed by atoms with van der Waals surface area (Å²) in [4.78, 5) is 27.3. The Hall–Kier alpha value is -2.76. The molecule has 5 atom stereocenters. The normalized spacial score (nSPS) is 29.6. The first-order valence-corrected chi connectivity index (χ1v) is 12.6. The lowest BCUT2D eigenvalue weighted by atomic mass is 9.53. The molecule has 1 amide bonds. The number of rotatable bonds is 6. The Morgan fingerprint density at radius 3 is 2.82 bits per heavy atom. The first-order chi connectivity index (χ1) is 16.4. The van der Waals surface area contributed by atoms with Crippen LogP contribution in [-0.2, 0) is 11.2 Å². The molecule has 1 aromatic carbocycles. The molecule has 2 aromatic rings. The Kier molecular flexibility index (Phi) is 6.17. The third-order valence-electron chi connectivity index (χ3n) is 8.97. The highest BCUT2D eigenvalue weighted by Crippen LogP contribution is 2.65. The molecule has 2 saturated carbocycles. The highest BCUT2D eigenvalue weighted by Gasteiger charge is 2.55. The van der Waals surface area contributed by atoms with E-state index in [4.69, 9.17) is 5.11 Å². The average molecular weight is 465 g/mol. The van der Waals surface area contributed by atoms with Crippen LogP contribution in [0.4, 0.5) is 4.39 Å². The number of carbonyl (C=O) groups excluding carboxylic acids is 1. The Morgan fingerprint density at radius 2 is 2.03 bits per heavy atom. The van der Waals surface area contributed by atoms with E-state index in [1.165, 1.54) is 23.7 Å². The number of aliphatic carboxylic acids is 1. The molecule has 0 radical (unpaired) electrons. The highest BCUT2D eigenvalue weighted by molar-refractivity contribution is 5.94. The maximum Gasteiger partial charge on any atom is 0.303 e. The molecule has 6 heteroatoms. The van der Waals surface area contributed by atoms with E-state index in [9.17, 15) is 14.0 Å². The fourth-order valence-electron chi connectivity index (χ4n) is 7.43. The number of benzene rings is 1. The number of carboxylic acids is 1. The third-order valence-corrected chi connectivity index (χ3v) is 8.97. The van der Waals surface area contributed by atoms with E-state index in [1.807, 2.05) is 18.3 Å². The molecule has 0 unspecified atom stereocenters. The summed E-state index contributed by atoms with van der Waals surface area (Å²) in [6.07, 6.45) is 10.3. The summed E-state index contributed by atoms with van der Waals surface area (Å²) in [5.74, 6) is 0.940. The molecule has 5 rings (SSSR count). The Morgan fingerprint density at radius 1 is 1.18 bits per heavy atom. The zero-order chi connectivity index (χ0) is 23.9. The third kappa shape index (κ3) is 4.12. The minimum Gasteiger partial charge on any atom is -0.481 e. The summed E-state index contributed by atoms with van der Waals surface area (Å²) in [5, 5.41) is 11.6. The summed E-state index contributed by atoms with van der Waals surface area (Å²) in [6.45, 7) is 2.79. The molecule has 180 valence electrons. The van der Waals surface area contributed by atoms with Crippen LogP contribution < -0.4 is 5.32 Å². The molecule has 3 aliphatic carbocycles. The van der Waals surface area contributed by atoms with Crippen LogP contribution in [0, 0.1) is 23.1 Å². The summed E-state index contributed by atoms with van der Waals surface area (Å²) < 4.78 is 13.9. The van der Waals surface area contributed by atoms with Gasteiger partial charge in [0.1, 0.15) is 5.82 Å². The maximum absolute atomic E-state index is 13.9. The Bertz CT molecular complexity index is 1100. The number of pyridine rings is 1. The predicted octanol–water partition coefficient (Wildman–Crippen LogP) is 5.46. The predicted molar refractivity (Wildman–Crippen MR) is 127 cm³/mol. The SMILES string of the molecule is C[C@]12CC[C@@H]3c4ccc(C(=O)NCCCC(=O)O)cc4CC[C@H]3[C@@H]1CC[C@@H]2c1cncc(F)c1. The Balaban J connectivity index is 1.30. The van der Waals surface area contributed by atoms with Gasteiger partial charge in [-0.3, -0.25) is 14.6 Å². The van der Waals surface area contributed by atoms with Crippen LogP contribution in [0.15, 0.2) is 36.7 Å². The molecular weight excluding hydrogens is 431 g/mol. The summed E-state index contributed by atoms with van der Waals surface area (Å²) >= 11 is 0. The molecule has 2 fully saturated rings. The van der Waals surface area contributed by atoms with Crippen LogP contribution in [0.5, 0.6) is 0 Å². The minimum absolute atomic E-state index is 0.0597. The molecule has 0 aliphatic heterocycles. The van der Waals surface area contributed by atoms with Crippen molar-refractivity contribution in [3.8, 4) is 0 Å². The van der Waals surface area contributed by atoms with Gasteiger partial charge in [-0.05, 0) is 109 Å². The molecule has 5 nitrogen and oxygen atoms in total. The first-order valence-electron chi connectivity index (χ1n) is 12.6. The van der Waals surface area contributed by atoms with E-state index in [1.54, 1.807) is 6.07 Å². The van der Waals surface area contributed by atoms with Gasteiger partial charge in [0.25, 0.3) is 5.91 Å². The molecule has 2 N–H and O–H groups in total. The summed E-state index contributed by atoms with van der Waals surface area (Å²) in [5.41, 5.74) is 4.58. The summed E-state index contributed by atoms with van der Waals surface area (Å²) in [6, 6.07) is 7.81. The number of hydrogen-bond acceptors (Lipinski definition) is 3. The van der Waals surface area contributed by atoms with Gasteiger partial charge in [0.05, 0.1) is 6.20 Å². The summed E-state index contributed by atoms with van der Waals surface area (Å²) in [7, 11) is 0. The van der Waals surface area contributed by atoms with Crippen molar-refractivity contribution < 1.29 is 19.1 Å². The van der Waals surface area contributed by atoms with Crippen molar-refractivity contribution in [2.75, 3.05) is 6.54 Å². The molecule has 0 spiro atoms. The van der Waals surface area contributed by atoms with E-state index in [0.29, 0.717) is 42.2 Å². The van der Waals surface area contributed by atoms with Gasteiger partial charge in [0.2, 0.25) is 0 Å². The number of hydrogen-bond donors (Lipinski definition) is 2. The number of nitrogens with one attached hydrogen (secondary N) is 1. The van der Waals surface area contributed by atoms with Gasteiger partial charge >= 0.3 is 5.97 Å². The average Bonchev–Trinajstić information content (AvgIpc) is 3.18. The van der Waals surface area contributed by atoms with Gasteiger partial charge in [0.15, 0.2) is 0 Å². The van der Waals surface area contributed by atoms with Crippen LogP contribution in [-0.4, -0.2) is 28.5 Å². The van der Waals surface area contributed by atoms with E-state index in [0.717, 1.165) is 37.7 Å². The number of halogens is 1. The van der Waals surface area contributed by atoms with Crippen LogP contribution in [0.1, 0.15) is 90.8 Å². The van der Waals surface area contributed by atoms with Crippen LogP contribution in [0.3, 0.4) is 0 Å². The molecule has 34 heavy (non-hydrogen) atoms. The van der Waals surface area contributed by atoms with Gasteiger partial charge in [-0.25, -0.2) is 4.39 Å². The smallest absolute Gasteiger partial charge is 0.303 e. The van der Waals surface area contributed by atoms with Crippen molar-refractivity contribution in [2.24, 2.45) is 17.3 Å². The zero-order valence-electron chi connectivity index (χ0n) is 19.7. The van der Waals surface area contributed by atoms with Crippen LogP contribution >= 0.6 is 0 Å². The van der Waals surface area contributed by atoms with E-state index >= 15 is 0 Å². The number of nitrogens with zero attached hydrogens (tertiary/aromatic N) is 1. The van der Waals surface area contributed by atoms with Crippen molar-refractivity contribution in [1.29, 1.82) is 0 Å². The molecule has 1 aromatic heterocycles.